The first kappa shape index (κ1) is 17.4. The van der Waals surface area contributed by atoms with Crippen molar-refractivity contribution in [1.29, 1.82) is 0 Å². The van der Waals surface area contributed by atoms with Crippen LogP contribution in [0.5, 0.6) is 0 Å². The third kappa shape index (κ3) is 3.64. The molecule has 0 amide bonds. The maximum atomic E-state index is 12.9. The van der Waals surface area contributed by atoms with Gasteiger partial charge in [0, 0.05) is 33.8 Å². The largest absolute Gasteiger partial charge is 0.410 e. The standard InChI is InChI=1S/C16H12ClF3N4O/c17-10-3-1-9(2-4-10)14-11-5-6-21-7-12(11)15(24-23-14)22-13(8-25)16(18,19)20/h1-7,13,25H,8H2,(H,22,24). The van der Waals surface area contributed by atoms with Crippen LogP contribution in [0.2, 0.25) is 5.02 Å². The lowest BCUT2D eigenvalue weighted by atomic mass is 10.1. The second-order valence-electron chi connectivity index (χ2n) is 5.25. The van der Waals surface area contributed by atoms with Crippen molar-refractivity contribution in [3.63, 3.8) is 0 Å². The van der Waals surface area contributed by atoms with Gasteiger partial charge in [-0.3, -0.25) is 4.98 Å². The third-order valence-electron chi connectivity index (χ3n) is 3.59. The Labute approximate surface area is 145 Å². The molecule has 1 aromatic carbocycles. The number of hydrogen-bond donors (Lipinski definition) is 2. The summed E-state index contributed by atoms with van der Waals surface area (Å²) in [5, 5.41) is 20.6. The van der Waals surface area contributed by atoms with Crippen molar-refractivity contribution in [1.82, 2.24) is 15.2 Å². The predicted molar refractivity (Wildman–Crippen MR) is 88.3 cm³/mol. The molecular weight excluding hydrogens is 357 g/mol. The summed E-state index contributed by atoms with van der Waals surface area (Å²) in [7, 11) is 0. The fourth-order valence-electron chi connectivity index (χ4n) is 2.32. The summed E-state index contributed by atoms with van der Waals surface area (Å²) in [5.41, 5.74) is 1.21. The van der Waals surface area contributed by atoms with Gasteiger partial charge in [-0.1, -0.05) is 23.7 Å². The second-order valence-corrected chi connectivity index (χ2v) is 5.68. The minimum atomic E-state index is -4.63. The topological polar surface area (TPSA) is 70.9 Å². The van der Waals surface area contributed by atoms with Crippen LogP contribution in [0.15, 0.2) is 42.7 Å². The molecule has 5 nitrogen and oxygen atoms in total. The summed E-state index contributed by atoms with van der Waals surface area (Å²) >= 11 is 5.87. The zero-order chi connectivity index (χ0) is 18.0. The number of benzene rings is 1. The minimum Gasteiger partial charge on any atom is -0.394 e. The van der Waals surface area contributed by atoms with E-state index in [2.05, 4.69) is 20.5 Å². The Hall–Kier alpha value is -2.45. The zero-order valence-corrected chi connectivity index (χ0v) is 13.4. The lowest BCUT2D eigenvalue weighted by molar-refractivity contribution is -0.149. The van der Waals surface area contributed by atoms with Crippen molar-refractivity contribution in [2.45, 2.75) is 12.2 Å². The van der Waals surface area contributed by atoms with E-state index < -0.39 is 18.8 Å². The fourth-order valence-corrected chi connectivity index (χ4v) is 2.45. The minimum absolute atomic E-state index is 0.0998. The number of hydrogen-bond acceptors (Lipinski definition) is 5. The smallest absolute Gasteiger partial charge is 0.394 e. The Kier molecular flexibility index (Phi) is 4.73. The lowest BCUT2D eigenvalue weighted by Gasteiger charge is -2.20. The van der Waals surface area contributed by atoms with Crippen molar-refractivity contribution in [2.24, 2.45) is 0 Å². The summed E-state index contributed by atoms with van der Waals surface area (Å²) in [6.45, 7) is -1.12. The van der Waals surface area contributed by atoms with Crippen molar-refractivity contribution in [2.75, 3.05) is 11.9 Å². The molecule has 0 saturated heterocycles. The maximum absolute atomic E-state index is 12.9. The molecule has 3 aromatic rings. The number of rotatable bonds is 4. The van der Waals surface area contributed by atoms with E-state index >= 15 is 0 Å². The van der Waals surface area contributed by atoms with Gasteiger partial charge in [0.1, 0.15) is 11.7 Å². The Morgan fingerprint density at radius 3 is 2.44 bits per heavy atom. The molecule has 130 valence electrons. The van der Waals surface area contributed by atoms with Crippen molar-refractivity contribution >= 4 is 28.2 Å². The quantitative estimate of drug-likeness (QED) is 0.735. The van der Waals surface area contributed by atoms with Crippen LogP contribution >= 0.6 is 11.6 Å². The van der Waals surface area contributed by atoms with E-state index in [1.54, 1.807) is 30.3 Å². The maximum Gasteiger partial charge on any atom is 0.410 e. The summed E-state index contributed by atoms with van der Waals surface area (Å²) in [6.07, 6.45) is -1.71. The van der Waals surface area contributed by atoms with Gasteiger partial charge in [0.05, 0.1) is 6.61 Å². The zero-order valence-electron chi connectivity index (χ0n) is 12.6. The van der Waals surface area contributed by atoms with E-state index in [1.165, 1.54) is 12.4 Å². The van der Waals surface area contributed by atoms with Gasteiger partial charge in [0.25, 0.3) is 0 Å². The Morgan fingerprint density at radius 2 is 1.80 bits per heavy atom. The Morgan fingerprint density at radius 1 is 1.08 bits per heavy atom. The number of aliphatic hydroxyl groups is 1. The molecule has 0 bridgehead atoms. The molecular formula is C16H12ClF3N4O. The van der Waals surface area contributed by atoms with Gasteiger partial charge < -0.3 is 10.4 Å². The number of nitrogens with one attached hydrogen (secondary N) is 1. The number of aromatic nitrogens is 3. The number of anilines is 1. The average molecular weight is 369 g/mol. The number of alkyl halides is 3. The number of nitrogens with zero attached hydrogens (tertiary/aromatic N) is 3. The summed E-state index contributed by atoms with van der Waals surface area (Å²) in [5.74, 6) is -0.0998. The highest BCUT2D eigenvalue weighted by molar-refractivity contribution is 6.30. The molecule has 2 heterocycles. The first-order valence-corrected chi connectivity index (χ1v) is 7.58. The third-order valence-corrected chi connectivity index (χ3v) is 3.84. The first-order valence-electron chi connectivity index (χ1n) is 7.20. The van der Waals surface area contributed by atoms with E-state index in [9.17, 15) is 13.2 Å². The SMILES string of the molecule is OCC(Nc1nnc(-c2ccc(Cl)cc2)c2ccncc12)C(F)(F)F. The molecule has 2 N–H and O–H groups in total. The molecule has 0 fully saturated rings. The van der Waals surface area contributed by atoms with E-state index in [1.807, 2.05) is 0 Å². The lowest BCUT2D eigenvalue weighted by Crippen LogP contribution is -2.39. The molecule has 3 rings (SSSR count). The molecule has 1 unspecified atom stereocenters. The van der Waals surface area contributed by atoms with Crippen LogP contribution in [-0.2, 0) is 0 Å². The van der Waals surface area contributed by atoms with E-state index in [4.69, 9.17) is 16.7 Å². The van der Waals surface area contributed by atoms with Crippen LogP contribution in [-0.4, -0.2) is 39.1 Å². The average Bonchev–Trinajstić information content (AvgIpc) is 2.59. The molecule has 0 aliphatic rings. The Bertz CT molecular complexity index is 887. The predicted octanol–water partition coefficient (Wildman–Crippen LogP) is 3.68. The highest BCUT2D eigenvalue weighted by Crippen LogP contribution is 2.31. The Balaban J connectivity index is 2.09. The van der Waals surface area contributed by atoms with E-state index in [-0.39, 0.29) is 5.82 Å². The summed E-state index contributed by atoms with van der Waals surface area (Å²) < 4.78 is 38.7. The van der Waals surface area contributed by atoms with Gasteiger partial charge in [0.2, 0.25) is 0 Å². The number of pyridine rings is 1. The second kappa shape index (κ2) is 6.81. The van der Waals surface area contributed by atoms with Crippen molar-refractivity contribution in [3.05, 3.63) is 47.7 Å². The molecule has 25 heavy (non-hydrogen) atoms. The van der Waals surface area contributed by atoms with Gasteiger partial charge in [-0.25, -0.2) is 0 Å². The molecule has 0 spiro atoms. The van der Waals surface area contributed by atoms with Gasteiger partial charge in [-0.2, -0.15) is 13.2 Å². The first-order chi connectivity index (χ1) is 11.9. The highest BCUT2D eigenvalue weighted by atomic mass is 35.5. The molecule has 0 saturated carbocycles. The van der Waals surface area contributed by atoms with Crippen LogP contribution in [0.25, 0.3) is 22.0 Å². The van der Waals surface area contributed by atoms with Gasteiger partial charge in [-0.05, 0) is 18.2 Å². The molecule has 0 radical (unpaired) electrons. The number of fused-ring (bicyclic) bond motifs is 1. The van der Waals surface area contributed by atoms with Crippen LogP contribution in [0, 0.1) is 0 Å². The molecule has 0 aliphatic heterocycles. The molecule has 1 atom stereocenters. The van der Waals surface area contributed by atoms with Crippen LogP contribution < -0.4 is 5.32 Å². The van der Waals surface area contributed by atoms with E-state index in [0.717, 1.165) is 0 Å². The fraction of sp³-hybridized carbons (Fsp3) is 0.188. The molecule has 0 aliphatic carbocycles. The van der Waals surface area contributed by atoms with Gasteiger partial charge in [0.15, 0.2) is 5.82 Å². The summed E-state index contributed by atoms with van der Waals surface area (Å²) in [6, 6.07) is 6.34. The molecule has 2 aromatic heterocycles. The monoisotopic (exact) mass is 368 g/mol. The van der Waals surface area contributed by atoms with Crippen molar-refractivity contribution < 1.29 is 18.3 Å². The van der Waals surface area contributed by atoms with Gasteiger partial charge >= 0.3 is 6.18 Å². The number of aliphatic hydroxyl groups excluding tert-OH is 1. The normalized spacial score (nSPS) is 13.0. The van der Waals surface area contributed by atoms with Crippen LogP contribution in [0.4, 0.5) is 19.0 Å². The van der Waals surface area contributed by atoms with Crippen LogP contribution in [0.3, 0.4) is 0 Å². The van der Waals surface area contributed by atoms with Crippen LogP contribution in [0.1, 0.15) is 0 Å². The summed E-state index contributed by atoms with van der Waals surface area (Å²) in [4.78, 5) is 3.95. The van der Waals surface area contributed by atoms with E-state index in [0.29, 0.717) is 27.1 Å². The van der Waals surface area contributed by atoms with Gasteiger partial charge in [-0.15, -0.1) is 10.2 Å². The highest BCUT2D eigenvalue weighted by Gasteiger charge is 2.39. The number of halogens is 4. The van der Waals surface area contributed by atoms with Crippen molar-refractivity contribution in [3.8, 4) is 11.3 Å². The molecule has 9 heteroatoms.